The van der Waals surface area contributed by atoms with Crippen LogP contribution >= 0.6 is 0 Å². The van der Waals surface area contributed by atoms with E-state index < -0.39 is 0 Å². The lowest BCUT2D eigenvalue weighted by Crippen LogP contribution is -2.48. The highest BCUT2D eigenvalue weighted by Crippen LogP contribution is 2.24. The van der Waals surface area contributed by atoms with E-state index in [4.69, 9.17) is 4.42 Å². The summed E-state index contributed by atoms with van der Waals surface area (Å²) in [6.07, 6.45) is 6.26. The Morgan fingerprint density at radius 1 is 1.03 bits per heavy atom. The number of aryl methyl sites for hydroxylation is 3. The highest BCUT2D eigenvalue weighted by molar-refractivity contribution is 5.91. The van der Waals surface area contributed by atoms with Crippen LogP contribution in [0.1, 0.15) is 49.3 Å². The quantitative estimate of drug-likeness (QED) is 0.578. The van der Waals surface area contributed by atoms with Crippen molar-refractivity contribution in [2.45, 2.75) is 58.9 Å². The van der Waals surface area contributed by atoms with E-state index in [0.717, 1.165) is 43.1 Å². The van der Waals surface area contributed by atoms with Crippen LogP contribution in [0, 0.1) is 20.8 Å². The molecule has 2 aliphatic heterocycles. The van der Waals surface area contributed by atoms with Gasteiger partial charge in [0.2, 0.25) is 5.91 Å². The van der Waals surface area contributed by atoms with Gasteiger partial charge in [-0.3, -0.25) is 9.69 Å². The lowest BCUT2D eigenvalue weighted by molar-refractivity contribution is -0.117. The van der Waals surface area contributed by atoms with Crippen LogP contribution in [0.15, 0.2) is 28.7 Å². The van der Waals surface area contributed by atoms with Gasteiger partial charge in [0, 0.05) is 30.9 Å². The van der Waals surface area contributed by atoms with E-state index in [1.165, 1.54) is 32.4 Å². The van der Waals surface area contributed by atoms with Gasteiger partial charge in [-0.05, 0) is 77.7 Å². The average molecular weight is 478 g/mol. The third-order valence-electron chi connectivity index (χ3n) is 7.00. The Labute approximate surface area is 206 Å². The first-order chi connectivity index (χ1) is 16.9. The van der Waals surface area contributed by atoms with E-state index in [0.29, 0.717) is 35.8 Å². The number of nitrogens with one attached hydrogen (secondary N) is 1. The van der Waals surface area contributed by atoms with Crippen molar-refractivity contribution in [1.29, 1.82) is 0 Å². The standard InChI is InChI=1S/C26H35N7O2/c1-18-15-19(2)33(30-18)24-16-23(28-26(29-24)22-8-7-20(3)35-22)27-25(34)17-31-13-9-21(10-14-31)32-11-5-4-6-12-32/h7-8,15-16,21H,4-6,9-14,17H2,1-3H3,(H,27,28,29,34). The molecule has 5 rings (SSSR count). The first-order valence-electron chi connectivity index (χ1n) is 12.7. The normalized spacial score (nSPS) is 18.1. The van der Waals surface area contributed by atoms with Crippen LogP contribution in [0.4, 0.5) is 5.82 Å². The Hall–Kier alpha value is -3.04. The smallest absolute Gasteiger partial charge is 0.239 e. The minimum atomic E-state index is -0.0685. The lowest BCUT2D eigenvalue weighted by Gasteiger charge is -2.40. The van der Waals surface area contributed by atoms with Crippen molar-refractivity contribution in [3.05, 3.63) is 41.4 Å². The summed E-state index contributed by atoms with van der Waals surface area (Å²) in [5.74, 6) is 2.72. The molecule has 0 unspecified atom stereocenters. The molecule has 0 aliphatic carbocycles. The molecular weight excluding hydrogens is 442 g/mol. The number of piperidine rings is 2. The molecule has 1 N–H and O–H groups in total. The van der Waals surface area contributed by atoms with Crippen molar-refractivity contribution in [3.63, 3.8) is 0 Å². The number of hydrogen-bond acceptors (Lipinski definition) is 7. The first-order valence-corrected chi connectivity index (χ1v) is 12.7. The molecule has 0 bridgehead atoms. The number of carbonyl (C=O) groups excluding carboxylic acids is 1. The first kappa shape index (κ1) is 23.7. The van der Waals surface area contributed by atoms with Crippen molar-refractivity contribution >= 4 is 11.7 Å². The van der Waals surface area contributed by atoms with Crippen LogP contribution in [0.5, 0.6) is 0 Å². The molecule has 2 fully saturated rings. The molecule has 3 aromatic heterocycles. The Kier molecular flexibility index (Phi) is 6.97. The zero-order valence-corrected chi connectivity index (χ0v) is 21.0. The molecule has 3 aromatic rings. The number of anilines is 1. The van der Waals surface area contributed by atoms with Crippen molar-refractivity contribution in [1.82, 2.24) is 29.5 Å². The SMILES string of the molecule is Cc1cc(C)n(-c2cc(NC(=O)CN3CCC(N4CCCCC4)CC3)nc(-c3ccc(C)o3)n2)n1. The summed E-state index contributed by atoms with van der Waals surface area (Å²) in [6, 6.07) is 8.14. The second-order valence-electron chi connectivity index (χ2n) is 9.84. The predicted molar refractivity (Wildman–Crippen MR) is 135 cm³/mol. The molecular formula is C26H35N7O2. The Balaban J connectivity index is 1.28. The average Bonchev–Trinajstić information content (AvgIpc) is 3.44. The van der Waals surface area contributed by atoms with Crippen LogP contribution in [0.2, 0.25) is 0 Å². The third kappa shape index (κ3) is 5.62. The molecule has 2 aliphatic rings. The van der Waals surface area contributed by atoms with Gasteiger partial charge in [0.05, 0.1) is 12.2 Å². The maximum Gasteiger partial charge on any atom is 0.239 e. The van der Waals surface area contributed by atoms with Crippen molar-refractivity contribution in [2.75, 3.05) is 38.0 Å². The van der Waals surface area contributed by atoms with Crippen molar-refractivity contribution in [3.8, 4) is 17.4 Å². The highest BCUT2D eigenvalue weighted by atomic mass is 16.3. The van der Waals surface area contributed by atoms with E-state index in [1.807, 2.05) is 39.0 Å². The van der Waals surface area contributed by atoms with E-state index in [1.54, 1.807) is 10.7 Å². The predicted octanol–water partition coefficient (Wildman–Crippen LogP) is 3.74. The molecule has 9 heteroatoms. The molecule has 2 saturated heterocycles. The zero-order valence-electron chi connectivity index (χ0n) is 21.0. The summed E-state index contributed by atoms with van der Waals surface area (Å²) in [4.78, 5) is 27.1. The van der Waals surface area contributed by atoms with E-state index >= 15 is 0 Å². The fourth-order valence-electron chi connectivity index (χ4n) is 5.24. The molecule has 0 spiro atoms. The van der Waals surface area contributed by atoms with Gasteiger partial charge in [-0.25, -0.2) is 14.6 Å². The number of likely N-dealkylation sites (tertiary alicyclic amines) is 2. The lowest BCUT2D eigenvalue weighted by atomic mass is 10.00. The van der Waals surface area contributed by atoms with Crippen LogP contribution in [-0.2, 0) is 4.79 Å². The monoisotopic (exact) mass is 477 g/mol. The minimum Gasteiger partial charge on any atom is -0.458 e. The van der Waals surface area contributed by atoms with Crippen LogP contribution in [0.25, 0.3) is 17.4 Å². The van der Waals surface area contributed by atoms with Crippen LogP contribution < -0.4 is 5.32 Å². The van der Waals surface area contributed by atoms with Crippen LogP contribution in [-0.4, -0.2) is 74.2 Å². The Morgan fingerprint density at radius 3 is 2.46 bits per heavy atom. The van der Waals surface area contributed by atoms with E-state index in [-0.39, 0.29) is 5.91 Å². The number of aromatic nitrogens is 4. The Morgan fingerprint density at radius 2 is 1.80 bits per heavy atom. The van der Waals surface area contributed by atoms with Gasteiger partial charge in [-0.1, -0.05) is 6.42 Å². The van der Waals surface area contributed by atoms with Crippen LogP contribution in [0.3, 0.4) is 0 Å². The fourth-order valence-corrected chi connectivity index (χ4v) is 5.24. The number of furan rings is 1. The van der Waals surface area contributed by atoms with Gasteiger partial charge in [-0.2, -0.15) is 5.10 Å². The van der Waals surface area contributed by atoms with E-state index in [2.05, 4.69) is 30.2 Å². The van der Waals surface area contributed by atoms with E-state index in [9.17, 15) is 4.79 Å². The minimum absolute atomic E-state index is 0.0685. The van der Waals surface area contributed by atoms with Gasteiger partial charge in [0.1, 0.15) is 11.6 Å². The Bertz CT molecular complexity index is 1170. The van der Waals surface area contributed by atoms with Crippen molar-refractivity contribution < 1.29 is 9.21 Å². The van der Waals surface area contributed by atoms with Gasteiger partial charge >= 0.3 is 0 Å². The molecule has 0 radical (unpaired) electrons. The highest BCUT2D eigenvalue weighted by Gasteiger charge is 2.26. The number of carbonyl (C=O) groups is 1. The maximum absolute atomic E-state index is 13.0. The molecule has 5 heterocycles. The largest absolute Gasteiger partial charge is 0.458 e. The van der Waals surface area contributed by atoms with Crippen molar-refractivity contribution in [2.24, 2.45) is 0 Å². The summed E-state index contributed by atoms with van der Waals surface area (Å²) < 4.78 is 7.52. The summed E-state index contributed by atoms with van der Waals surface area (Å²) >= 11 is 0. The second-order valence-corrected chi connectivity index (χ2v) is 9.84. The topological polar surface area (TPSA) is 92.3 Å². The van der Waals surface area contributed by atoms with Gasteiger partial charge in [0.25, 0.3) is 0 Å². The third-order valence-corrected chi connectivity index (χ3v) is 7.00. The summed E-state index contributed by atoms with van der Waals surface area (Å²) in [6.45, 7) is 10.5. The molecule has 186 valence electrons. The second kappa shape index (κ2) is 10.3. The maximum atomic E-state index is 13.0. The molecule has 0 aromatic carbocycles. The fraction of sp³-hybridized carbons (Fsp3) is 0.538. The molecule has 35 heavy (non-hydrogen) atoms. The van der Waals surface area contributed by atoms with Gasteiger partial charge < -0.3 is 14.6 Å². The summed E-state index contributed by atoms with van der Waals surface area (Å²) in [5, 5.41) is 7.54. The van der Waals surface area contributed by atoms with Gasteiger partial charge in [0.15, 0.2) is 17.4 Å². The zero-order chi connectivity index (χ0) is 24.4. The number of hydrogen-bond donors (Lipinski definition) is 1. The molecule has 1 amide bonds. The summed E-state index contributed by atoms with van der Waals surface area (Å²) in [5.41, 5.74) is 1.85. The molecule has 9 nitrogen and oxygen atoms in total. The summed E-state index contributed by atoms with van der Waals surface area (Å²) in [7, 11) is 0. The van der Waals surface area contributed by atoms with Gasteiger partial charge in [-0.15, -0.1) is 0 Å². The number of amides is 1. The number of nitrogens with zero attached hydrogens (tertiary/aromatic N) is 6. The molecule has 0 saturated carbocycles. The number of rotatable bonds is 6. The molecule has 0 atom stereocenters.